The van der Waals surface area contributed by atoms with Crippen LogP contribution in [0.1, 0.15) is 49.9 Å². The van der Waals surface area contributed by atoms with Crippen LogP contribution in [0.2, 0.25) is 10.0 Å². The molecule has 0 bridgehead atoms. The highest BCUT2D eigenvalue weighted by Crippen LogP contribution is 2.28. The van der Waals surface area contributed by atoms with Gasteiger partial charge in [0, 0.05) is 11.3 Å². The van der Waals surface area contributed by atoms with E-state index >= 15 is 0 Å². The summed E-state index contributed by atoms with van der Waals surface area (Å²) in [5.41, 5.74) is 1.17. The number of nitrogens with zero attached hydrogens (tertiary/aromatic N) is 1. The van der Waals surface area contributed by atoms with Crippen LogP contribution in [0.5, 0.6) is 0 Å². The molecule has 0 aliphatic rings. The van der Waals surface area contributed by atoms with E-state index in [-0.39, 0.29) is 12.3 Å². The lowest BCUT2D eigenvalue weighted by atomic mass is 9.94. The van der Waals surface area contributed by atoms with E-state index in [0.717, 1.165) is 16.3 Å². The Kier molecular flexibility index (Phi) is 5.71. The number of carbonyl (C=O) groups excluding carboxylic acids is 1. The molecule has 0 fully saturated rings. The maximum atomic E-state index is 12.3. The number of halogens is 2. The van der Waals surface area contributed by atoms with E-state index in [4.69, 9.17) is 23.2 Å². The predicted octanol–water partition coefficient (Wildman–Crippen LogP) is 5.17. The van der Waals surface area contributed by atoms with Crippen molar-refractivity contribution in [2.45, 2.75) is 45.6 Å². The van der Waals surface area contributed by atoms with E-state index in [2.05, 4.69) is 24.1 Å². The highest BCUT2D eigenvalue weighted by atomic mass is 35.5. The molecule has 1 N–H and O–H groups in total. The second kappa shape index (κ2) is 7.20. The first-order valence-electron chi connectivity index (χ1n) is 7.40. The normalized spacial score (nSPS) is 11.8. The second-order valence-electron chi connectivity index (χ2n) is 6.31. The summed E-state index contributed by atoms with van der Waals surface area (Å²) in [6, 6.07) is 5.39. The standard InChI is InChI=1S/C17H20Cl2N2OS/c1-10(2)16-20-12(9-23-16)8-15(22)21-17(3,4)11-5-6-13(18)14(19)7-11/h5-7,9-10H,8H2,1-4H3,(H,21,22). The minimum Gasteiger partial charge on any atom is -0.347 e. The van der Waals surface area contributed by atoms with E-state index in [1.54, 1.807) is 23.5 Å². The number of amides is 1. The van der Waals surface area contributed by atoms with Crippen molar-refractivity contribution >= 4 is 40.4 Å². The van der Waals surface area contributed by atoms with Gasteiger partial charge in [0.15, 0.2) is 0 Å². The van der Waals surface area contributed by atoms with Gasteiger partial charge in [-0.3, -0.25) is 4.79 Å². The van der Waals surface area contributed by atoms with Crippen LogP contribution in [0.15, 0.2) is 23.6 Å². The number of carbonyl (C=O) groups is 1. The largest absolute Gasteiger partial charge is 0.347 e. The molecule has 0 unspecified atom stereocenters. The minimum atomic E-state index is -0.539. The number of hydrogen-bond donors (Lipinski definition) is 1. The maximum absolute atomic E-state index is 12.3. The van der Waals surface area contributed by atoms with Gasteiger partial charge in [-0.2, -0.15) is 0 Å². The van der Waals surface area contributed by atoms with Crippen molar-refractivity contribution in [1.29, 1.82) is 0 Å². The molecule has 124 valence electrons. The average Bonchev–Trinajstić information content (AvgIpc) is 2.89. The Labute approximate surface area is 151 Å². The SMILES string of the molecule is CC(C)c1nc(CC(=O)NC(C)(C)c2ccc(Cl)c(Cl)c2)cs1. The zero-order valence-electron chi connectivity index (χ0n) is 13.6. The summed E-state index contributed by atoms with van der Waals surface area (Å²) in [5, 5.41) is 7.01. The monoisotopic (exact) mass is 370 g/mol. The molecule has 0 saturated carbocycles. The van der Waals surface area contributed by atoms with Crippen molar-refractivity contribution in [2.75, 3.05) is 0 Å². The minimum absolute atomic E-state index is 0.0679. The van der Waals surface area contributed by atoms with E-state index < -0.39 is 5.54 Å². The third-order valence-electron chi connectivity index (χ3n) is 3.50. The van der Waals surface area contributed by atoms with Crippen LogP contribution in [0, 0.1) is 0 Å². The van der Waals surface area contributed by atoms with Crippen molar-refractivity contribution in [1.82, 2.24) is 10.3 Å². The molecule has 0 spiro atoms. The Morgan fingerprint density at radius 1 is 1.30 bits per heavy atom. The molecule has 0 atom stereocenters. The molecule has 23 heavy (non-hydrogen) atoms. The Hall–Kier alpha value is -1.10. The molecule has 0 saturated heterocycles. The van der Waals surface area contributed by atoms with Gasteiger partial charge in [-0.15, -0.1) is 11.3 Å². The summed E-state index contributed by atoms with van der Waals surface area (Å²) >= 11 is 13.6. The van der Waals surface area contributed by atoms with Gasteiger partial charge >= 0.3 is 0 Å². The van der Waals surface area contributed by atoms with E-state index in [1.165, 1.54) is 0 Å². The molecule has 6 heteroatoms. The predicted molar refractivity (Wildman–Crippen MR) is 97.5 cm³/mol. The van der Waals surface area contributed by atoms with Crippen LogP contribution in [0.3, 0.4) is 0 Å². The molecule has 1 aromatic heterocycles. The fourth-order valence-corrected chi connectivity index (χ4v) is 3.32. The lowest BCUT2D eigenvalue weighted by Gasteiger charge is -2.27. The number of benzene rings is 1. The lowest BCUT2D eigenvalue weighted by molar-refractivity contribution is -0.122. The molecule has 1 aromatic carbocycles. The van der Waals surface area contributed by atoms with E-state index in [1.807, 2.05) is 25.3 Å². The molecule has 1 amide bonds. The highest BCUT2D eigenvalue weighted by molar-refractivity contribution is 7.09. The van der Waals surface area contributed by atoms with Crippen LogP contribution in [-0.2, 0) is 16.8 Å². The van der Waals surface area contributed by atoms with Crippen molar-refractivity contribution in [3.8, 4) is 0 Å². The number of rotatable bonds is 5. The van der Waals surface area contributed by atoms with Gasteiger partial charge in [0.05, 0.1) is 32.7 Å². The van der Waals surface area contributed by atoms with Gasteiger partial charge < -0.3 is 5.32 Å². The summed E-state index contributed by atoms with van der Waals surface area (Å²) in [6.07, 6.45) is 0.272. The van der Waals surface area contributed by atoms with Crippen molar-refractivity contribution in [3.63, 3.8) is 0 Å². The second-order valence-corrected chi connectivity index (χ2v) is 8.01. The summed E-state index contributed by atoms with van der Waals surface area (Å²) in [7, 11) is 0. The zero-order valence-corrected chi connectivity index (χ0v) is 15.9. The van der Waals surface area contributed by atoms with Crippen LogP contribution >= 0.6 is 34.5 Å². The van der Waals surface area contributed by atoms with Crippen LogP contribution in [0.4, 0.5) is 0 Å². The first-order chi connectivity index (χ1) is 10.7. The fraction of sp³-hybridized carbons (Fsp3) is 0.412. The van der Waals surface area contributed by atoms with Gasteiger partial charge in [-0.25, -0.2) is 4.98 Å². The zero-order chi connectivity index (χ0) is 17.2. The van der Waals surface area contributed by atoms with Crippen LogP contribution in [-0.4, -0.2) is 10.9 Å². The lowest BCUT2D eigenvalue weighted by Crippen LogP contribution is -2.41. The van der Waals surface area contributed by atoms with E-state index in [9.17, 15) is 4.79 Å². The smallest absolute Gasteiger partial charge is 0.226 e. The first kappa shape index (κ1) is 18.2. The summed E-state index contributed by atoms with van der Waals surface area (Å²) in [4.78, 5) is 16.8. The summed E-state index contributed by atoms with van der Waals surface area (Å²) in [5.74, 6) is 0.311. The molecule has 2 rings (SSSR count). The molecule has 0 aliphatic heterocycles. The summed E-state index contributed by atoms with van der Waals surface area (Å²) in [6.45, 7) is 8.06. The molecule has 3 nitrogen and oxygen atoms in total. The molecule has 2 aromatic rings. The number of hydrogen-bond acceptors (Lipinski definition) is 3. The first-order valence-corrected chi connectivity index (χ1v) is 9.03. The number of aromatic nitrogens is 1. The van der Waals surface area contributed by atoms with Crippen LogP contribution in [0.25, 0.3) is 0 Å². The van der Waals surface area contributed by atoms with Gasteiger partial charge in [0.2, 0.25) is 5.91 Å². The molecule has 0 radical (unpaired) electrons. The van der Waals surface area contributed by atoms with Crippen molar-refractivity contribution in [3.05, 3.63) is 49.9 Å². The highest BCUT2D eigenvalue weighted by Gasteiger charge is 2.24. The molecular weight excluding hydrogens is 351 g/mol. The molecule has 0 aliphatic carbocycles. The van der Waals surface area contributed by atoms with Gasteiger partial charge in [0.25, 0.3) is 0 Å². The molecule has 1 heterocycles. The van der Waals surface area contributed by atoms with Crippen LogP contribution < -0.4 is 5.32 Å². The number of nitrogens with one attached hydrogen (secondary N) is 1. The Bertz CT molecular complexity index is 710. The van der Waals surface area contributed by atoms with Gasteiger partial charge in [-0.05, 0) is 31.5 Å². The van der Waals surface area contributed by atoms with Gasteiger partial charge in [-0.1, -0.05) is 43.1 Å². The quantitative estimate of drug-likeness (QED) is 0.788. The fourth-order valence-electron chi connectivity index (χ4n) is 2.18. The van der Waals surface area contributed by atoms with E-state index in [0.29, 0.717) is 16.0 Å². The average molecular weight is 371 g/mol. The Balaban J connectivity index is 2.06. The van der Waals surface area contributed by atoms with Crippen molar-refractivity contribution < 1.29 is 4.79 Å². The summed E-state index contributed by atoms with van der Waals surface area (Å²) < 4.78 is 0. The number of thiazole rings is 1. The maximum Gasteiger partial charge on any atom is 0.226 e. The molecular formula is C17H20Cl2N2OS. The Morgan fingerprint density at radius 3 is 2.57 bits per heavy atom. The third kappa shape index (κ3) is 4.69. The van der Waals surface area contributed by atoms with Crippen molar-refractivity contribution in [2.24, 2.45) is 0 Å². The van der Waals surface area contributed by atoms with Gasteiger partial charge in [0.1, 0.15) is 0 Å². The topological polar surface area (TPSA) is 42.0 Å². The third-order valence-corrected chi connectivity index (χ3v) is 5.43. The Morgan fingerprint density at radius 2 is 2.00 bits per heavy atom.